The third-order valence-corrected chi connectivity index (χ3v) is 2.63. The Bertz CT molecular complexity index is 529. The number of fused-ring (bicyclic) bond motifs is 1. The summed E-state index contributed by atoms with van der Waals surface area (Å²) in [6, 6.07) is 8.29. The molecule has 0 unspecified atom stereocenters. The Hall–Kier alpha value is -2.17. The van der Waals surface area contributed by atoms with Gasteiger partial charge in [-0.2, -0.15) is 0 Å². The molecule has 1 aromatic heterocycles. The van der Waals surface area contributed by atoms with E-state index < -0.39 is 0 Å². The minimum Gasteiger partial charge on any atom is -0.383 e. The van der Waals surface area contributed by atoms with Crippen molar-refractivity contribution in [2.24, 2.45) is 10.7 Å². The molecule has 0 atom stereocenters. The number of aromatic amines is 1. The SMILES string of the molecule is CCNC(N)=NCCNc1ccc2[nH]ccc2c1. The molecule has 2 aromatic rings. The van der Waals surface area contributed by atoms with E-state index in [0.29, 0.717) is 12.5 Å². The Kier molecular flexibility index (Phi) is 4.06. The summed E-state index contributed by atoms with van der Waals surface area (Å²) in [6.45, 7) is 4.21. The van der Waals surface area contributed by atoms with Crippen molar-refractivity contribution in [3.63, 3.8) is 0 Å². The number of benzene rings is 1. The topological polar surface area (TPSA) is 78.2 Å². The van der Waals surface area contributed by atoms with E-state index in [4.69, 9.17) is 5.73 Å². The van der Waals surface area contributed by atoms with Crippen LogP contribution < -0.4 is 16.4 Å². The Labute approximate surface area is 106 Å². The first kappa shape index (κ1) is 12.3. The standard InChI is InChI=1S/C13H19N5/c1-2-15-13(14)18-8-7-16-11-3-4-12-10(9-11)5-6-17-12/h3-6,9,16-17H,2,7-8H2,1H3,(H3,14,15,18). The largest absolute Gasteiger partial charge is 0.383 e. The molecule has 5 heteroatoms. The van der Waals surface area contributed by atoms with Gasteiger partial charge in [-0.1, -0.05) is 0 Å². The number of aromatic nitrogens is 1. The van der Waals surface area contributed by atoms with Crippen molar-refractivity contribution in [2.45, 2.75) is 6.92 Å². The molecule has 0 bridgehead atoms. The quantitative estimate of drug-likeness (QED) is 0.366. The Morgan fingerprint density at radius 1 is 1.39 bits per heavy atom. The second kappa shape index (κ2) is 5.95. The van der Waals surface area contributed by atoms with Gasteiger partial charge in [0, 0.05) is 35.9 Å². The summed E-state index contributed by atoms with van der Waals surface area (Å²) in [5.74, 6) is 0.500. The second-order valence-corrected chi connectivity index (χ2v) is 4.00. The number of H-pyrrole nitrogens is 1. The first-order valence-corrected chi connectivity index (χ1v) is 6.14. The van der Waals surface area contributed by atoms with E-state index in [0.717, 1.165) is 24.3 Å². The third kappa shape index (κ3) is 3.16. The first-order valence-electron chi connectivity index (χ1n) is 6.14. The van der Waals surface area contributed by atoms with E-state index in [-0.39, 0.29) is 0 Å². The van der Waals surface area contributed by atoms with Gasteiger partial charge in [0.15, 0.2) is 5.96 Å². The van der Waals surface area contributed by atoms with Crippen LogP contribution in [0.4, 0.5) is 5.69 Å². The zero-order valence-corrected chi connectivity index (χ0v) is 10.5. The van der Waals surface area contributed by atoms with Gasteiger partial charge in [0.25, 0.3) is 0 Å². The van der Waals surface area contributed by atoms with Crippen molar-refractivity contribution < 1.29 is 0 Å². The summed E-state index contributed by atoms with van der Waals surface area (Å²) < 4.78 is 0. The minimum absolute atomic E-state index is 0.500. The maximum absolute atomic E-state index is 5.63. The highest BCUT2D eigenvalue weighted by Crippen LogP contribution is 2.17. The molecular formula is C13H19N5. The molecule has 1 heterocycles. The number of guanidine groups is 1. The number of hydrogen-bond acceptors (Lipinski definition) is 2. The number of nitrogens with zero attached hydrogens (tertiary/aromatic N) is 1. The van der Waals surface area contributed by atoms with Crippen LogP contribution in [0.15, 0.2) is 35.5 Å². The van der Waals surface area contributed by atoms with E-state index in [9.17, 15) is 0 Å². The number of hydrogen-bond donors (Lipinski definition) is 4. The van der Waals surface area contributed by atoms with Crippen molar-refractivity contribution in [1.29, 1.82) is 0 Å². The van der Waals surface area contributed by atoms with Crippen LogP contribution >= 0.6 is 0 Å². The summed E-state index contributed by atoms with van der Waals surface area (Å²) in [7, 11) is 0. The lowest BCUT2D eigenvalue weighted by Crippen LogP contribution is -2.31. The molecule has 0 spiro atoms. The molecule has 0 saturated carbocycles. The van der Waals surface area contributed by atoms with Gasteiger partial charge < -0.3 is 21.4 Å². The molecule has 1 aromatic carbocycles. The van der Waals surface area contributed by atoms with E-state index >= 15 is 0 Å². The van der Waals surface area contributed by atoms with Crippen molar-refractivity contribution in [3.05, 3.63) is 30.5 Å². The number of rotatable bonds is 5. The maximum Gasteiger partial charge on any atom is 0.188 e. The van der Waals surface area contributed by atoms with Crippen LogP contribution in [0.2, 0.25) is 0 Å². The Morgan fingerprint density at radius 3 is 3.11 bits per heavy atom. The normalized spacial score (nSPS) is 11.7. The molecule has 5 nitrogen and oxygen atoms in total. The summed E-state index contributed by atoms with van der Waals surface area (Å²) in [5, 5.41) is 7.48. The van der Waals surface area contributed by atoms with E-state index in [1.165, 1.54) is 5.39 Å². The molecule has 0 aliphatic rings. The molecule has 0 fully saturated rings. The number of aliphatic imine (C=N–C) groups is 1. The molecule has 5 N–H and O–H groups in total. The van der Waals surface area contributed by atoms with Crippen LogP contribution in [0.3, 0.4) is 0 Å². The molecule has 0 saturated heterocycles. The fraction of sp³-hybridized carbons (Fsp3) is 0.308. The van der Waals surface area contributed by atoms with Crippen molar-refractivity contribution in [1.82, 2.24) is 10.3 Å². The number of nitrogens with two attached hydrogens (primary N) is 1. The predicted octanol–water partition coefficient (Wildman–Crippen LogP) is 1.50. The number of anilines is 1. The van der Waals surface area contributed by atoms with Crippen LogP contribution in [0.5, 0.6) is 0 Å². The van der Waals surface area contributed by atoms with Gasteiger partial charge in [-0.15, -0.1) is 0 Å². The van der Waals surface area contributed by atoms with Crippen LogP contribution in [0, 0.1) is 0 Å². The predicted molar refractivity (Wildman–Crippen MR) is 77.0 cm³/mol. The average molecular weight is 245 g/mol. The summed E-state index contributed by atoms with van der Waals surface area (Å²) in [5.41, 5.74) is 7.88. The molecule has 18 heavy (non-hydrogen) atoms. The lowest BCUT2D eigenvalue weighted by molar-refractivity contribution is 0.922. The zero-order valence-electron chi connectivity index (χ0n) is 10.5. The molecule has 0 aliphatic carbocycles. The molecule has 0 amide bonds. The highest BCUT2D eigenvalue weighted by Gasteiger charge is 1.96. The van der Waals surface area contributed by atoms with Gasteiger partial charge >= 0.3 is 0 Å². The molecule has 2 rings (SSSR count). The smallest absolute Gasteiger partial charge is 0.188 e. The monoisotopic (exact) mass is 245 g/mol. The Balaban J connectivity index is 1.84. The van der Waals surface area contributed by atoms with Gasteiger partial charge in [0.2, 0.25) is 0 Å². The molecule has 0 radical (unpaired) electrons. The molecule has 0 aliphatic heterocycles. The fourth-order valence-electron chi connectivity index (χ4n) is 1.78. The summed E-state index contributed by atoms with van der Waals surface area (Å²) >= 11 is 0. The third-order valence-electron chi connectivity index (χ3n) is 2.63. The fourth-order valence-corrected chi connectivity index (χ4v) is 1.78. The zero-order chi connectivity index (χ0) is 12.8. The van der Waals surface area contributed by atoms with Crippen LogP contribution in [-0.4, -0.2) is 30.6 Å². The van der Waals surface area contributed by atoms with Gasteiger partial charge in [-0.3, -0.25) is 4.99 Å². The van der Waals surface area contributed by atoms with Gasteiger partial charge in [-0.05, 0) is 31.2 Å². The van der Waals surface area contributed by atoms with Crippen LogP contribution in [0.25, 0.3) is 10.9 Å². The highest BCUT2D eigenvalue weighted by atomic mass is 15.1. The van der Waals surface area contributed by atoms with Crippen molar-refractivity contribution in [3.8, 4) is 0 Å². The maximum atomic E-state index is 5.63. The summed E-state index contributed by atoms with van der Waals surface area (Å²) in [6.07, 6.45) is 1.94. The van der Waals surface area contributed by atoms with Gasteiger partial charge in [0.1, 0.15) is 0 Å². The molecular weight excluding hydrogens is 226 g/mol. The van der Waals surface area contributed by atoms with E-state index in [1.807, 2.05) is 13.1 Å². The Morgan fingerprint density at radius 2 is 2.28 bits per heavy atom. The summed E-state index contributed by atoms with van der Waals surface area (Å²) in [4.78, 5) is 7.36. The molecule has 96 valence electrons. The first-order chi connectivity index (χ1) is 8.79. The second-order valence-electron chi connectivity index (χ2n) is 4.00. The van der Waals surface area contributed by atoms with E-state index in [1.54, 1.807) is 0 Å². The van der Waals surface area contributed by atoms with Gasteiger partial charge in [0.05, 0.1) is 6.54 Å². The lowest BCUT2D eigenvalue weighted by Gasteiger charge is -2.05. The minimum atomic E-state index is 0.500. The number of nitrogens with one attached hydrogen (secondary N) is 3. The van der Waals surface area contributed by atoms with Crippen LogP contribution in [-0.2, 0) is 0 Å². The van der Waals surface area contributed by atoms with Crippen molar-refractivity contribution in [2.75, 3.05) is 25.0 Å². The van der Waals surface area contributed by atoms with Crippen LogP contribution in [0.1, 0.15) is 6.92 Å². The lowest BCUT2D eigenvalue weighted by atomic mass is 10.2. The van der Waals surface area contributed by atoms with Crippen molar-refractivity contribution >= 4 is 22.5 Å². The average Bonchev–Trinajstić information content (AvgIpc) is 2.82. The van der Waals surface area contributed by atoms with Gasteiger partial charge in [-0.25, -0.2) is 0 Å². The van der Waals surface area contributed by atoms with E-state index in [2.05, 4.69) is 44.9 Å². The highest BCUT2D eigenvalue weighted by molar-refractivity contribution is 5.83.